The monoisotopic (exact) mass is 230 g/mol. The minimum Gasteiger partial charge on any atom is -1.00 e. The van der Waals surface area contributed by atoms with Crippen LogP contribution in [0.5, 0.6) is 0 Å². The Hall–Kier alpha value is 0.834. The molecule has 9 heteroatoms. The molecule has 0 saturated heterocycles. The van der Waals surface area contributed by atoms with Gasteiger partial charge in [-0.05, 0) is 0 Å². The summed E-state index contributed by atoms with van der Waals surface area (Å²) in [6.45, 7) is 0. The smallest absolute Gasteiger partial charge is 1.00 e. The molecule has 6 nitrogen and oxygen atoms in total. The van der Waals surface area contributed by atoms with E-state index in [4.69, 9.17) is 0 Å². The Labute approximate surface area is 78.5 Å². The van der Waals surface area contributed by atoms with Crippen molar-refractivity contribution in [2.24, 2.45) is 0 Å². The van der Waals surface area contributed by atoms with Crippen molar-refractivity contribution >= 4 is 0 Å². The molecule has 0 heterocycles. The zero-order valence-electron chi connectivity index (χ0n) is 5.31. The van der Waals surface area contributed by atoms with Crippen molar-refractivity contribution in [3.05, 3.63) is 0 Å². The Morgan fingerprint density at radius 1 is 0.333 bits per heavy atom. The maximum Gasteiger partial charge on any atom is 2.00 e. The van der Waals surface area contributed by atoms with Gasteiger partial charge in [-0.2, -0.15) is 0 Å². The first-order valence-electron chi connectivity index (χ1n) is 0. The minimum atomic E-state index is 0. The molecule has 72 valence electrons. The molecule has 0 bridgehead atoms. The summed E-state index contributed by atoms with van der Waals surface area (Å²) in [7, 11) is 0. The van der Waals surface area contributed by atoms with Gasteiger partial charge in [-0.25, -0.2) is 0 Å². The van der Waals surface area contributed by atoms with Gasteiger partial charge in [0, 0.05) is 0 Å². The molecule has 0 atom stereocenters. The van der Waals surface area contributed by atoms with Crippen LogP contribution in [0.1, 0.15) is 0 Å². The van der Waals surface area contributed by atoms with Gasteiger partial charge in [-0.3, -0.25) is 0 Å². The van der Waals surface area contributed by atoms with E-state index in [9.17, 15) is 0 Å². The molecule has 9 heavy (non-hydrogen) atoms. The standard InChI is InChI=1S/2ClH.6H3N.Ni/h2*1H;6*1H3;/q;;;;;;;;+2/p-2. The molecule has 0 saturated carbocycles. The summed E-state index contributed by atoms with van der Waals surface area (Å²) in [5, 5.41) is 0. The third-order valence-corrected chi connectivity index (χ3v) is 0. The molecule has 0 spiro atoms. The molecule has 0 aromatic carbocycles. The predicted octanol–water partition coefficient (Wildman–Crippen LogP) is -5.02. The molecular formula is H18Cl2N6Ni. The second kappa shape index (κ2) is 780. The molecule has 0 amide bonds. The summed E-state index contributed by atoms with van der Waals surface area (Å²) in [4.78, 5) is 0. The van der Waals surface area contributed by atoms with Crippen LogP contribution in [0.3, 0.4) is 0 Å². The quantitative estimate of drug-likeness (QED) is 0.224. The first kappa shape index (κ1) is 1100. The van der Waals surface area contributed by atoms with E-state index >= 15 is 0 Å². The SMILES string of the molecule is N.N.N.N.N.N.[Cl-].[Cl-].[Ni+2]. The molecule has 0 aromatic rings. The van der Waals surface area contributed by atoms with Crippen molar-refractivity contribution in [1.29, 1.82) is 0 Å². The van der Waals surface area contributed by atoms with Crippen molar-refractivity contribution in [2.75, 3.05) is 0 Å². The van der Waals surface area contributed by atoms with E-state index in [0.717, 1.165) is 0 Å². The van der Waals surface area contributed by atoms with Gasteiger partial charge in [0.05, 0.1) is 0 Å². The summed E-state index contributed by atoms with van der Waals surface area (Å²) < 4.78 is 0. The molecule has 0 radical (unpaired) electrons. The summed E-state index contributed by atoms with van der Waals surface area (Å²) >= 11 is 0. The summed E-state index contributed by atoms with van der Waals surface area (Å²) in [5.74, 6) is 0. The first-order valence-corrected chi connectivity index (χ1v) is 0. The van der Waals surface area contributed by atoms with Gasteiger partial charge in [-0.1, -0.05) is 0 Å². The maximum absolute atomic E-state index is 0. The van der Waals surface area contributed by atoms with E-state index in [1.807, 2.05) is 0 Å². The zero-order chi connectivity index (χ0) is 0. The molecule has 18 N–H and O–H groups in total. The molecule has 0 fully saturated rings. The van der Waals surface area contributed by atoms with Gasteiger partial charge in [0.15, 0.2) is 0 Å². The third-order valence-electron chi connectivity index (χ3n) is 0. The Bertz CT molecular complexity index is 11.0. The van der Waals surface area contributed by atoms with Crippen LogP contribution >= 0.6 is 0 Å². The van der Waals surface area contributed by atoms with Gasteiger partial charge in [0.1, 0.15) is 0 Å². The Morgan fingerprint density at radius 3 is 0.333 bits per heavy atom. The van der Waals surface area contributed by atoms with Crippen LogP contribution in [0.4, 0.5) is 0 Å². The van der Waals surface area contributed by atoms with Crippen molar-refractivity contribution in [1.82, 2.24) is 36.9 Å². The number of hydrogen-bond donors (Lipinski definition) is 6. The molecule has 0 aromatic heterocycles. The van der Waals surface area contributed by atoms with Crippen molar-refractivity contribution < 1.29 is 41.3 Å². The fraction of sp³-hybridized carbons (Fsp3) is 0. The molecule has 0 aliphatic carbocycles. The normalized spacial score (nSPS) is 0. The van der Waals surface area contributed by atoms with Crippen LogP contribution in [-0.4, -0.2) is 0 Å². The van der Waals surface area contributed by atoms with Gasteiger partial charge in [-0.15, -0.1) is 0 Å². The maximum atomic E-state index is 0. The average molecular weight is 232 g/mol. The second-order valence-corrected chi connectivity index (χ2v) is 0. The Morgan fingerprint density at radius 2 is 0.333 bits per heavy atom. The van der Waals surface area contributed by atoms with Crippen molar-refractivity contribution in [3.8, 4) is 0 Å². The minimum absolute atomic E-state index is 0. The predicted molar refractivity (Wildman–Crippen MR) is 30.1 cm³/mol. The second-order valence-electron chi connectivity index (χ2n) is 0. The molecule has 0 aliphatic heterocycles. The number of halogens is 2. The summed E-state index contributed by atoms with van der Waals surface area (Å²) in [5.41, 5.74) is 0. The largest absolute Gasteiger partial charge is 2.00 e. The van der Waals surface area contributed by atoms with Gasteiger partial charge in [0.2, 0.25) is 0 Å². The molecule has 0 unspecified atom stereocenters. The van der Waals surface area contributed by atoms with Crippen LogP contribution < -0.4 is 61.7 Å². The zero-order valence-corrected chi connectivity index (χ0v) is 7.81. The van der Waals surface area contributed by atoms with Crippen LogP contribution in [0.15, 0.2) is 0 Å². The van der Waals surface area contributed by atoms with Crippen LogP contribution in [0.25, 0.3) is 0 Å². The number of hydrogen-bond acceptors (Lipinski definition) is 6. The van der Waals surface area contributed by atoms with E-state index in [-0.39, 0.29) is 78.2 Å². The Balaban J connectivity index is 0. The summed E-state index contributed by atoms with van der Waals surface area (Å²) in [6, 6.07) is 0. The first-order chi connectivity index (χ1) is 0. The van der Waals surface area contributed by atoms with Gasteiger partial charge >= 0.3 is 16.5 Å². The van der Waals surface area contributed by atoms with Gasteiger partial charge < -0.3 is 61.7 Å². The molecule has 0 rings (SSSR count). The van der Waals surface area contributed by atoms with Crippen molar-refractivity contribution in [3.63, 3.8) is 0 Å². The van der Waals surface area contributed by atoms with Crippen LogP contribution in [-0.2, 0) is 16.5 Å². The van der Waals surface area contributed by atoms with Crippen LogP contribution in [0.2, 0.25) is 0 Å². The number of rotatable bonds is 0. The molecule has 0 aliphatic rings. The average Bonchev–Trinajstić information content (AvgIpc) is 0. The van der Waals surface area contributed by atoms with Crippen LogP contribution in [0, 0.1) is 0 Å². The topological polar surface area (TPSA) is 210 Å². The third kappa shape index (κ3) is 594. The molecular weight excluding hydrogens is 214 g/mol. The Kier molecular flexibility index (Phi) is 95800. The fourth-order valence-corrected chi connectivity index (χ4v) is 0. The van der Waals surface area contributed by atoms with Gasteiger partial charge in [0.25, 0.3) is 0 Å². The van der Waals surface area contributed by atoms with E-state index in [1.165, 1.54) is 0 Å². The van der Waals surface area contributed by atoms with E-state index in [0.29, 0.717) is 0 Å². The fourth-order valence-electron chi connectivity index (χ4n) is 0. The van der Waals surface area contributed by atoms with E-state index < -0.39 is 0 Å². The van der Waals surface area contributed by atoms with E-state index in [2.05, 4.69) is 0 Å². The summed E-state index contributed by atoms with van der Waals surface area (Å²) in [6.07, 6.45) is 0. The van der Waals surface area contributed by atoms with E-state index in [1.54, 1.807) is 0 Å². The van der Waals surface area contributed by atoms with Crippen molar-refractivity contribution in [2.45, 2.75) is 0 Å².